The first-order chi connectivity index (χ1) is 11.4. The van der Waals surface area contributed by atoms with E-state index in [2.05, 4.69) is 24.3 Å². The summed E-state index contributed by atoms with van der Waals surface area (Å²) in [5.41, 5.74) is 1.29. The van der Waals surface area contributed by atoms with Crippen LogP contribution in [0.15, 0.2) is 23.8 Å². The summed E-state index contributed by atoms with van der Waals surface area (Å²) in [5, 5.41) is 8.47. The second-order valence-electron chi connectivity index (χ2n) is 6.59. The molecule has 0 aromatic carbocycles. The molecule has 0 aromatic rings. The number of hydrogen-bond acceptors (Lipinski definition) is 5. The van der Waals surface area contributed by atoms with Crippen molar-refractivity contribution in [3.05, 3.63) is 23.8 Å². The first-order valence-electron chi connectivity index (χ1n) is 8.33. The highest BCUT2D eigenvalue weighted by Crippen LogP contribution is 2.40. The van der Waals surface area contributed by atoms with Crippen LogP contribution in [-0.2, 0) is 23.9 Å². The second-order valence-corrected chi connectivity index (χ2v) is 6.59. The van der Waals surface area contributed by atoms with Crippen LogP contribution in [0.2, 0.25) is 0 Å². The molecular formula is C18H24O6. The largest absolute Gasteiger partial charge is 0.479 e. The quantitative estimate of drug-likeness (QED) is 0.455. The smallest absolute Gasteiger partial charge is 0.341 e. The molecule has 1 saturated carbocycles. The Morgan fingerprint density at radius 3 is 2.79 bits per heavy atom. The molecule has 2 aliphatic rings. The van der Waals surface area contributed by atoms with Crippen molar-refractivity contribution in [3.8, 4) is 0 Å². The summed E-state index contributed by atoms with van der Waals surface area (Å²) in [7, 11) is 0. The van der Waals surface area contributed by atoms with Crippen molar-refractivity contribution in [2.24, 2.45) is 11.8 Å². The Balaban J connectivity index is 1.87. The zero-order valence-corrected chi connectivity index (χ0v) is 14.0. The standard InChI is InChI=1S/C18H24O6/c1-11-7-13-5-3-4-6-14(13)15(8-11)24-17(21)9-12(2)18(22)23-10-16(19)20/h7,11,14-15H,2-6,8-10H2,1H3,(H,19,20). The second kappa shape index (κ2) is 8.13. The van der Waals surface area contributed by atoms with Crippen LogP contribution in [0.4, 0.5) is 0 Å². The van der Waals surface area contributed by atoms with Gasteiger partial charge in [-0.3, -0.25) is 4.79 Å². The maximum Gasteiger partial charge on any atom is 0.341 e. The van der Waals surface area contributed by atoms with Crippen LogP contribution in [0.5, 0.6) is 0 Å². The van der Waals surface area contributed by atoms with Gasteiger partial charge in [0.15, 0.2) is 6.61 Å². The average molecular weight is 336 g/mol. The molecule has 0 aliphatic heterocycles. The molecule has 3 atom stereocenters. The zero-order valence-electron chi connectivity index (χ0n) is 14.0. The Kier molecular flexibility index (Phi) is 6.17. The van der Waals surface area contributed by atoms with Crippen molar-refractivity contribution in [3.63, 3.8) is 0 Å². The van der Waals surface area contributed by atoms with Crippen molar-refractivity contribution in [1.29, 1.82) is 0 Å². The Labute approximate surface area is 141 Å². The van der Waals surface area contributed by atoms with Gasteiger partial charge in [0.1, 0.15) is 6.10 Å². The highest BCUT2D eigenvalue weighted by Gasteiger charge is 2.34. The van der Waals surface area contributed by atoms with Crippen LogP contribution in [0.1, 0.15) is 45.4 Å². The maximum atomic E-state index is 12.1. The lowest BCUT2D eigenvalue weighted by atomic mass is 9.73. The fourth-order valence-electron chi connectivity index (χ4n) is 3.48. The molecular weight excluding hydrogens is 312 g/mol. The Hall–Kier alpha value is -2.11. The summed E-state index contributed by atoms with van der Waals surface area (Å²) in [6.07, 6.45) is 7.06. The Morgan fingerprint density at radius 1 is 1.33 bits per heavy atom. The summed E-state index contributed by atoms with van der Waals surface area (Å²) in [6.45, 7) is 4.85. The monoisotopic (exact) mass is 336 g/mol. The van der Waals surface area contributed by atoms with Crippen molar-refractivity contribution in [1.82, 2.24) is 0 Å². The summed E-state index contributed by atoms with van der Waals surface area (Å²) in [4.78, 5) is 34.0. The SMILES string of the molecule is C=C(CC(=O)OC1CC(C)C=C2CCCCC21)C(=O)OCC(=O)O. The van der Waals surface area contributed by atoms with E-state index in [9.17, 15) is 14.4 Å². The van der Waals surface area contributed by atoms with Gasteiger partial charge in [-0.1, -0.05) is 31.6 Å². The number of carboxylic acid groups (broad SMARTS) is 1. The number of ether oxygens (including phenoxy) is 2. The van der Waals surface area contributed by atoms with E-state index < -0.39 is 24.5 Å². The third-order valence-corrected chi connectivity index (χ3v) is 4.51. The van der Waals surface area contributed by atoms with Gasteiger partial charge in [-0.25, -0.2) is 9.59 Å². The lowest BCUT2D eigenvalue weighted by Crippen LogP contribution is -2.35. The molecule has 0 radical (unpaired) electrons. The number of rotatable bonds is 6. The number of esters is 2. The molecule has 24 heavy (non-hydrogen) atoms. The molecule has 0 aromatic heterocycles. The van der Waals surface area contributed by atoms with E-state index in [1.165, 1.54) is 12.0 Å². The lowest BCUT2D eigenvalue weighted by molar-refractivity contribution is -0.155. The highest BCUT2D eigenvalue weighted by atomic mass is 16.6. The fraction of sp³-hybridized carbons (Fsp3) is 0.611. The van der Waals surface area contributed by atoms with Gasteiger partial charge in [0.05, 0.1) is 6.42 Å². The molecule has 6 heteroatoms. The van der Waals surface area contributed by atoms with Gasteiger partial charge >= 0.3 is 17.9 Å². The molecule has 0 amide bonds. The van der Waals surface area contributed by atoms with E-state index in [0.29, 0.717) is 5.92 Å². The Morgan fingerprint density at radius 2 is 2.08 bits per heavy atom. The first kappa shape index (κ1) is 18.2. The predicted octanol–water partition coefficient (Wildman–Crippen LogP) is 2.63. The van der Waals surface area contributed by atoms with Gasteiger partial charge in [-0.05, 0) is 31.6 Å². The summed E-state index contributed by atoms with van der Waals surface area (Å²) >= 11 is 0. The molecule has 0 spiro atoms. The molecule has 1 fully saturated rings. The number of allylic oxidation sites excluding steroid dienone is 1. The van der Waals surface area contributed by atoms with Gasteiger partial charge in [-0.2, -0.15) is 0 Å². The third kappa shape index (κ3) is 4.94. The maximum absolute atomic E-state index is 12.1. The lowest BCUT2D eigenvalue weighted by Gasteiger charge is -2.37. The average Bonchev–Trinajstić information content (AvgIpc) is 2.52. The first-order valence-corrected chi connectivity index (χ1v) is 8.33. The van der Waals surface area contributed by atoms with Gasteiger partial charge in [0.25, 0.3) is 0 Å². The normalized spacial score (nSPS) is 25.9. The molecule has 132 valence electrons. The van der Waals surface area contributed by atoms with E-state index in [1.807, 2.05) is 0 Å². The predicted molar refractivity (Wildman–Crippen MR) is 86.1 cm³/mol. The number of carboxylic acids is 1. The molecule has 6 nitrogen and oxygen atoms in total. The van der Waals surface area contributed by atoms with Crippen LogP contribution >= 0.6 is 0 Å². The number of carbonyl (C=O) groups excluding carboxylic acids is 2. The molecule has 2 aliphatic carbocycles. The van der Waals surface area contributed by atoms with Crippen LogP contribution in [0.25, 0.3) is 0 Å². The number of hydrogen-bond donors (Lipinski definition) is 1. The van der Waals surface area contributed by atoms with Crippen LogP contribution in [0.3, 0.4) is 0 Å². The summed E-state index contributed by atoms with van der Waals surface area (Å²) < 4.78 is 10.1. The number of carbonyl (C=O) groups is 3. The van der Waals surface area contributed by atoms with E-state index in [1.54, 1.807) is 0 Å². The molecule has 3 unspecified atom stereocenters. The highest BCUT2D eigenvalue weighted by molar-refractivity contribution is 5.94. The minimum Gasteiger partial charge on any atom is -0.479 e. The minimum absolute atomic E-state index is 0.0930. The van der Waals surface area contributed by atoms with Crippen LogP contribution in [0, 0.1) is 11.8 Å². The summed E-state index contributed by atoms with van der Waals surface area (Å²) in [6, 6.07) is 0. The molecule has 0 bridgehead atoms. The van der Waals surface area contributed by atoms with E-state index >= 15 is 0 Å². The van der Waals surface area contributed by atoms with Crippen LogP contribution < -0.4 is 0 Å². The number of aliphatic carboxylic acids is 1. The number of fused-ring (bicyclic) bond motifs is 1. The van der Waals surface area contributed by atoms with Gasteiger partial charge in [-0.15, -0.1) is 0 Å². The van der Waals surface area contributed by atoms with Gasteiger partial charge < -0.3 is 14.6 Å². The topological polar surface area (TPSA) is 89.9 Å². The fourth-order valence-corrected chi connectivity index (χ4v) is 3.48. The molecule has 0 heterocycles. The van der Waals surface area contributed by atoms with Gasteiger partial charge in [0, 0.05) is 11.5 Å². The van der Waals surface area contributed by atoms with Crippen molar-refractivity contribution in [2.75, 3.05) is 6.61 Å². The molecule has 2 rings (SSSR count). The van der Waals surface area contributed by atoms with Crippen molar-refractivity contribution in [2.45, 2.75) is 51.6 Å². The minimum atomic E-state index is -1.26. The van der Waals surface area contributed by atoms with E-state index in [-0.39, 0.29) is 24.0 Å². The molecule has 0 saturated heterocycles. The van der Waals surface area contributed by atoms with Crippen molar-refractivity contribution >= 4 is 17.9 Å². The Bertz CT molecular complexity index is 562. The third-order valence-electron chi connectivity index (χ3n) is 4.51. The zero-order chi connectivity index (χ0) is 17.7. The van der Waals surface area contributed by atoms with E-state index in [4.69, 9.17) is 9.84 Å². The van der Waals surface area contributed by atoms with E-state index in [0.717, 1.165) is 25.7 Å². The summed E-state index contributed by atoms with van der Waals surface area (Å²) in [5.74, 6) is -2.01. The van der Waals surface area contributed by atoms with Crippen molar-refractivity contribution < 1.29 is 29.0 Å². The van der Waals surface area contributed by atoms with Crippen LogP contribution in [-0.4, -0.2) is 35.7 Å². The molecule has 1 N–H and O–H groups in total. The van der Waals surface area contributed by atoms with Gasteiger partial charge in [0.2, 0.25) is 0 Å².